The first kappa shape index (κ1) is 16.2. The van der Waals surface area contributed by atoms with E-state index in [0.717, 1.165) is 42.3 Å². The van der Waals surface area contributed by atoms with Crippen LogP contribution in [0.3, 0.4) is 0 Å². The first-order valence-corrected chi connectivity index (χ1v) is 9.16. The molecule has 0 spiro atoms. The molecule has 1 aromatic carbocycles. The molecule has 1 N–H and O–H groups in total. The van der Waals surface area contributed by atoms with Crippen molar-refractivity contribution in [1.29, 1.82) is 0 Å². The van der Waals surface area contributed by atoms with Crippen molar-refractivity contribution < 1.29 is 4.79 Å². The fourth-order valence-electron chi connectivity index (χ4n) is 4.18. The SMILES string of the molecule is CCc1cccc2c(C(=O)CN3CCCC3c3cccn3C)c[nH]c12. The lowest BCUT2D eigenvalue weighted by Crippen LogP contribution is -2.30. The van der Waals surface area contributed by atoms with Crippen LogP contribution in [0.2, 0.25) is 0 Å². The number of hydrogen-bond acceptors (Lipinski definition) is 2. The standard InChI is InChI=1S/C21H25N3O/c1-3-15-7-4-8-16-17(13-22-21(15)16)20(25)14-24-12-6-10-19(24)18-9-5-11-23(18)2/h4-5,7-9,11,13,19,22H,3,6,10,12,14H2,1-2H3. The summed E-state index contributed by atoms with van der Waals surface area (Å²) < 4.78 is 2.17. The molecule has 3 aromatic rings. The Bertz CT molecular complexity index is 905. The van der Waals surface area contributed by atoms with E-state index in [2.05, 4.69) is 65.0 Å². The van der Waals surface area contributed by atoms with Crippen LogP contribution in [-0.4, -0.2) is 33.3 Å². The molecule has 4 rings (SSSR count). The molecule has 1 aliphatic heterocycles. The lowest BCUT2D eigenvalue weighted by molar-refractivity contribution is 0.0921. The van der Waals surface area contributed by atoms with Crippen LogP contribution < -0.4 is 0 Å². The predicted octanol–water partition coefficient (Wildman–Crippen LogP) is 4.09. The minimum atomic E-state index is 0.209. The number of ketones is 1. The van der Waals surface area contributed by atoms with E-state index in [4.69, 9.17) is 0 Å². The number of Topliss-reactive ketones (excluding diaryl/α,β-unsaturated/α-hetero) is 1. The minimum Gasteiger partial charge on any atom is -0.360 e. The molecule has 1 fully saturated rings. The van der Waals surface area contributed by atoms with Crippen LogP contribution in [-0.2, 0) is 13.5 Å². The Kier molecular flexibility index (Phi) is 4.22. The van der Waals surface area contributed by atoms with Gasteiger partial charge in [-0.05, 0) is 43.5 Å². The van der Waals surface area contributed by atoms with Crippen LogP contribution in [0.25, 0.3) is 10.9 Å². The van der Waals surface area contributed by atoms with Crippen molar-refractivity contribution in [2.45, 2.75) is 32.2 Å². The molecule has 0 aliphatic carbocycles. The quantitative estimate of drug-likeness (QED) is 0.714. The lowest BCUT2D eigenvalue weighted by Gasteiger charge is -2.24. The van der Waals surface area contributed by atoms with Crippen LogP contribution in [0.15, 0.2) is 42.7 Å². The maximum atomic E-state index is 13.0. The second-order valence-electron chi connectivity index (χ2n) is 6.99. The van der Waals surface area contributed by atoms with Crippen molar-refractivity contribution in [1.82, 2.24) is 14.5 Å². The third kappa shape index (κ3) is 2.81. The van der Waals surface area contributed by atoms with Crippen molar-refractivity contribution in [2.75, 3.05) is 13.1 Å². The van der Waals surface area contributed by atoms with Gasteiger partial charge in [-0.15, -0.1) is 0 Å². The number of carbonyl (C=O) groups excluding carboxylic acids is 1. The number of likely N-dealkylation sites (tertiary alicyclic amines) is 1. The van der Waals surface area contributed by atoms with Gasteiger partial charge in [0.15, 0.2) is 5.78 Å². The summed E-state index contributed by atoms with van der Waals surface area (Å²) in [5.41, 5.74) is 4.49. The Hall–Kier alpha value is -2.33. The highest BCUT2D eigenvalue weighted by Crippen LogP contribution is 2.32. The van der Waals surface area contributed by atoms with E-state index < -0.39 is 0 Å². The van der Waals surface area contributed by atoms with Gasteiger partial charge in [0.05, 0.1) is 12.6 Å². The molecule has 1 aliphatic rings. The maximum Gasteiger partial charge on any atom is 0.178 e. The number of hydrogen-bond donors (Lipinski definition) is 1. The van der Waals surface area contributed by atoms with Crippen molar-refractivity contribution in [3.63, 3.8) is 0 Å². The highest BCUT2D eigenvalue weighted by atomic mass is 16.1. The number of nitrogens with zero attached hydrogens (tertiary/aromatic N) is 2. The maximum absolute atomic E-state index is 13.0. The van der Waals surface area contributed by atoms with Crippen LogP contribution in [0.5, 0.6) is 0 Å². The van der Waals surface area contributed by atoms with Crippen molar-refractivity contribution in [3.8, 4) is 0 Å². The van der Waals surface area contributed by atoms with Gasteiger partial charge in [-0.1, -0.05) is 25.1 Å². The molecule has 0 saturated carbocycles. The van der Waals surface area contributed by atoms with Gasteiger partial charge >= 0.3 is 0 Å². The van der Waals surface area contributed by atoms with Gasteiger partial charge in [-0.25, -0.2) is 0 Å². The fraction of sp³-hybridized carbons (Fsp3) is 0.381. The molecule has 3 heterocycles. The zero-order valence-corrected chi connectivity index (χ0v) is 15.0. The molecule has 130 valence electrons. The van der Waals surface area contributed by atoms with Crippen molar-refractivity contribution in [3.05, 3.63) is 59.5 Å². The molecule has 0 radical (unpaired) electrons. The summed E-state index contributed by atoms with van der Waals surface area (Å²) in [6, 6.07) is 10.8. The zero-order valence-electron chi connectivity index (χ0n) is 15.0. The van der Waals surface area contributed by atoms with Gasteiger partial charge in [0, 0.05) is 41.6 Å². The van der Waals surface area contributed by atoms with E-state index in [9.17, 15) is 4.79 Å². The number of aromatic amines is 1. The second-order valence-corrected chi connectivity index (χ2v) is 6.99. The third-order valence-electron chi connectivity index (χ3n) is 5.52. The Morgan fingerprint density at radius 1 is 1.28 bits per heavy atom. The Morgan fingerprint density at radius 3 is 2.92 bits per heavy atom. The van der Waals surface area contributed by atoms with Gasteiger partial charge in [-0.2, -0.15) is 0 Å². The summed E-state index contributed by atoms with van der Waals surface area (Å²) in [6.45, 7) is 3.62. The topological polar surface area (TPSA) is 41.0 Å². The number of fused-ring (bicyclic) bond motifs is 1. The van der Waals surface area contributed by atoms with Gasteiger partial charge in [0.1, 0.15) is 0 Å². The van der Waals surface area contributed by atoms with Crippen molar-refractivity contribution >= 4 is 16.7 Å². The van der Waals surface area contributed by atoms with Crippen molar-refractivity contribution in [2.24, 2.45) is 7.05 Å². The number of benzene rings is 1. The highest BCUT2D eigenvalue weighted by molar-refractivity contribution is 6.09. The van der Waals surface area contributed by atoms with Gasteiger partial charge in [-0.3, -0.25) is 9.69 Å². The number of carbonyl (C=O) groups is 1. The summed E-state index contributed by atoms with van der Waals surface area (Å²) >= 11 is 0. The average molecular weight is 335 g/mol. The third-order valence-corrected chi connectivity index (χ3v) is 5.52. The lowest BCUT2D eigenvalue weighted by atomic mass is 10.0. The summed E-state index contributed by atoms with van der Waals surface area (Å²) in [5.74, 6) is 0.209. The van der Waals surface area contributed by atoms with E-state index in [-0.39, 0.29) is 5.78 Å². The number of para-hydroxylation sites is 1. The molecule has 4 heteroatoms. The summed E-state index contributed by atoms with van der Waals surface area (Å²) in [7, 11) is 2.08. The van der Waals surface area contributed by atoms with Gasteiger partial charge < -0.3 is 9.55 Å². The number of rotatable bonds is 5. The van der Waals surface area contributed by atoms with Gasteiger partial charge in [0.25, 0.3) is 0 Å². The number of H-pyrrole nitrogens is 1. The highest BCUT2D eigenvalue weighted by Gasteiger charge is 2.29. The van der Waals surface area contributed by atoms with E-state index in [1.54, 1.807) is 0 Å². The Balaban J connectivity index is 1.59. The molecular weight excluding hydrogens is 310 g/mol. The Labute approximate surface area is 148 Å². The molecular formula is C21H25N3O. The summed E-state index contributed by atoms with van der Waals surface area (Å²) in [5, 5.41) is 1.05. The first-order chi connectivity index (χ1) is 12.2. The Morgan fingerprint density at radius 2 is 2.16 bits per heavy atom. The first-order valence-electron chi connectivity index (χ1n) is 9.16. The molecule has 0 amide bonds. The number of nitrogens with one attached hydrogen (secondary N) is 1. The van der Waals surface area contributed by atoms with Gasteiger partial charge in [0.2, 0.25) is 0 Å². The van der Waals surface area contributed by atoms with E-state index in [0.29, 0.717) is 12.6 Å². The van der Waals surface area contributed by atoms with Crippen LogP contribution in [0.1, 0.15) is 47.4 Å². The monoisotopic (exact) mass is 335 g/mol. The molecule has 25 heavy (non-hydrogen) atoms. The average Bonchev–Trinajstić information content (AvgIpc) is 3.33. The smallest absolute Gasteiger partial charge is 0.178 e. The molecule has 4 nitrogen and oxygen atoms in total. The van der Waals surface area contributed by atoms with E-state index in [1.807, 2.05) is 6.20 Å². The molecule has 2 aromatic heterocycles. The summed E-state index contributed by atoms with van der Waals surface area (Å²) in [4.78, 5) is 18.7. The fourth-order valence-corrected chi connectivity index (χ4v) is 4.18. The normalized spacial score (nSPS) is 18.2. The second kappa shape index (κ2) is 6.52. The van der Waals surface area contributed by atoms with Crippen LogP contribution in [0.4, 0.5) is 0 Å². The predicted molar refractivity (Wildman–Crippen MR) is 101 cm³/mol. The molecule has 1 saturated heterocycles. The minimum absolute atomic E-state index is 0.209. The zero-order chi connectivity index (χ0) is 17.4. The summed E-state index contributed by atoms with van der Waals surface area (Å²) in [6.07, 6.45) is 7.21. The largest absolute Gasteiger partial charge is 0.360 e. The molecule has 1 unspecified atom stereocenters. The van der Waals surface area contributed by atoms with Crippen LogP contribution in [0, 0.1) is 0 Å². The van der Waals surface area contributed by atoms with E-state index in [1.165, 1.54) is 11.3 Å². The number of aryl methyl sites for hydroxylation is 2. The van der Waals surface area contributed by atoms with Crippen LogP contribution >= 0.6 is 0 Å². The number of aromatic nitrogens is 2. The van der Waals surface area contributed by atoms with E-state index >= 15 is 0 Å². The molecule has 0 bridgehead atoms. The molecule has 1 atom stereocenters.